The van der Waals surface area contributed by atoms with Crippen molar-refractivity contribution in [3.63, 3.8) is 0 Å². The third kappa shape index (κ3) is 3.24. The van der Waals surface area contributed by atoms with Gasteiger partial charge in [0.1, 0.15) is 11.6 Å². The van der Waals surface area contributed by atoms with Crippen LogP contribution in [0.15, 0.2) is 103 Å². The van der Waals surface area contributed by atoms with Gasteiger partial charge in [-0.15, -0.1) is 0 Å². The Bertz CT molecular complexity index is 1380. The van der Waals surface area contributed by atoms with Gasteiger partial charge in [-0.1, -0.05) is 66.7 Å². The second-order valence-corrected chi connectivity index (χ2v) is 7.62. The van der Waals surface area contributed by atoms with Gasteiger partial charge in [0.2, 0.25) is 0 Å². The molecule has 0 saturated carbocycles. The molecule has 1 aliphatic rings. The van der Waals surface area contributed by atoms with Crippen LogP contribution in [0.2, 0.25) is 0 Å². The Hall–Kier alpha value is -4.25. The Balaban J connectivity index is 1.72. The molecule has 1 saturated heterocycles. The minimum absolute atomic E-state index is 0.000746. The van der Waals surface area contributed by atoms with Gasteiger partial charge in [-0.2, -0.15) is 0 Å². The molecule has 1 aliphatic heterocycles. The molecule has 1 fully saturated rings. The van der Waals surface area contributed by atoms with Crippen molar-refractivity contribution < 1.29 is 19.1 Å². The first kappa shape index (κ1) is 19.7. The van der Waals surface area contributed by atoms with Crippen LogP contribution in [0.3, 0.4) is 0 Å². The van der Waals surface area contributed by atoms with Gasteiger partial charge in [0, 0.05) is 11.3 Å². The summed E-state index contributed by atoms with van der Waals surface area (Å²) in [4.78, 5) is 27.5. The lowest BCUT2D eigenvalue weighted by molar-refractivity contribution is -0.132. The van der Waals surface area contributed by atoms with Crippen LogP contribution in [0.1, 0.15) is 17.2 Å². The number of Topliss-reactive ketones (excluding diaryl/α,β-unsaturated/α-hetero) is 1. The minimum atomic E-state index is -0.840. The zero-order valence-electron chi connectivity index (χ0n) is 16.9. The average molecular weight is 423 g/mol. The Morgan fingerprint density at radius 3 is 2.16 bits per heavy atom. The highest BCUT2D eigenvalue weighted by Gasteiger charge is 2.46. The number of carbonyl (C=O) groups excluding carboxylic acids is 2. The highest BCUT2D eigenvalue weighted by molar-refractivity contribution is 6.51. The van der Waals surface area contributed by atoms with E-state index in [0.717, 1.165) is 10.8 Å². The first-order valence-corrected chi connectivity index (χ1v) is 10.2. The fourth-order valence-electron chi connectivity index (χ4n) is 4.14. The minimum Gasteiger partial charge on any atom is -0.507 e. The van der Waals surface area contributed by atoms with Gasteiger partial charge in [0.05, 0.1) is 11.6 Å². The SMILES string of the molecule is O=C1C(=O)N(c2ccc(F)cc2)C(c2ccccc2)/C1=C(/O)c1ccc2ccccc2c1. The molecule has 4 nitrogen and oxygen atoms in total. The number of fused-ring (bicyclic) bond motifs is 1. The van der Waals surface area contributed by atoms with Gasteiger partial charge in [-0.05, 0) is 46.7 Å². The molecule has 0 aromatic heterocycles. The van der Waals surface area contributed by atoms with E-state index in [2.05, 4.69) is 0 Å². The smallest absolute Gasteiger partial charge is 0.300 e. The average Bonchev–Trinajstić information content (AvgIpc) is 3.10. The summed E-state index contributed by atoms with van der Waals surface area (Å²) >= 11 is 0. The lowest BCUT2D eigenvalue weighted by Gasteiger charge is -2.25. The number of ketones is 1. The van der Waals surface area contributed by atoms with Crippen molar-refractivity contribution in [2.75, 3.05) is 4.90 Å². The van der Waals surface area contributed by atoms with Crippen LogP contribution in [0.4, 0.5) is 10.1 Å². The molecule has 5 rings (SSSR count). The molecule has 0 bridgehead atoms. The van der Waals surface area contributed by atoms with E-state index in [1.54, 1.807) is 36.4 Å². The molecule has 1 heterocycles. The van der Waals surface area contributed by atoms with Crippen LogP contribution in [-0.2, 0) is 9.59 Å². The van der Waals surface area contributed by atoms with Crippen LogP contribution >= 0.6 is 0 Å². The predicted octanol–water partition coefficient (Wildman–Crippen LogP) is 5.61. The third-order valence-electron chi connectivity index (χ3n) is 5.69. The summed E-state index contributed by atoms with van der Waals surface area (Å²) in [6, 6.07) is 26.6. The number of nitrogens with zero attached hydrogens (tertiary/aromatic N) is 1. The molecule has 1 N–H and O–H groups in total. The lowest BCUT2D eigenvalue weighted by atomic mass is 9.94. The van der Waals surface area contributed by atoms with E-state index < -0.39 is 23.5 Å². The first-order chi connectivity index (χ1) is 15.5. The topological polar surface area (TPSA) is 57.6 Å². The molecule has 4 aromatic carbocycles. The maximum Gasteiger partial charge on any atom is 0.300 e. The van der Waals surface area contributed by atoms with Crippen molar-refractivity contribution in [1.29, 1.82) is 0 Å². The van der Waals surface area contributed by atoms with Gasteiger partial charge in [0.25, 0.3) is 11.7 Å². The summed E-state index contributed by atoms with van der Waals surface area (Å²) in [7, 11) is 0. The fourth-order valence-corrected chi connectivity index (χ4v) is 4.14. The van der Waals surface area contributed by atoms with Crippen molar-refractivity contribution in [1.82, 2.24) is 0 Å². The molecule has 1 atom stereocenters. The zero-order chi connectivity index (χ0) is 22.2. The summed E-state index contributed by atoms with van der Waals surface area (Å²) in [5, 5.41) is 13.1. The normalized spacial score (nSPS) is 17.8. The highest BCUT2D eigenvalue weighted by atomic mass is 19.1. The highest BCUT2D eigenvalue weighted by Crippen LogP contribution is 2.42. The molecule has 0 radical (unpaired) electrons. The van der Waals surface area contributed by atoms with Crippen LogP contribution < -0.4 is 4.90 Å². The number of hydrogen-bond acceptors (Lipinski definition) is 3. The quantitative estimate of drug-likeness (QED) is 0.265. The van der Waals surface area contributed by atoms with E-state index in [1.807, 2.05) is 36.4 Å². The molecular formula is C27H18FNO3. The third-order valence-corrected chi connectivity index (χ3v) is 5.69. The van der Waals surface area contributed by atoms with E-state index in [1.165, 1.54) is 29.2 Å². The van der Waals surface area contributed by atoms with Gasteiger partial charge < -0.3 is 5.11 Å². The van der Waals surface area contributed by atoms with Gasteiger partial charge in [0.15, 0.2) is 0 Å². The number of carbonyl (C=O) groups is 2. The molecule has 0 spiro atoms. The molecule has 4 aromatic rings. The Morgan fingerprint density at radius 2 is 1.44 bits per heavy atom. The number of hydrogen-bond donors (Lipinski definition) is 1. The van der Waals surface area contributed by atoms with Crippen molar-refractivity contribution in [2.45, 2.75) is 6.04 Å². The molecule has 0 aliphatic carbocycles. The van der Waals surface area contributed by atoms with Crippen LogP contribution in [0, 0.1) is 5.82 Å². The van der Waals surface area contributed by atoms with Gasteiger partial charge >= 0.3 is 0 Å². The van der Waals surface area contributed by atoms with E-state index in [9.17, 15) is 19.1 Å². The molecule has 32 heavy (non-hydrogen) atoms. The number of amides is 1. The van der Waals surface area contributed by atoms with E-state index >= 15 is 0 Å². The van der Waals surface area contributed by atoms with Crippen LogP contribution in [0.5, 0.6) is 0 Å². The second kappa shape index (κ2) is 7.78. The summed E-state index contributed by atoms with van der Waals surface area (Å²) in [5.74, 6) is -2.24. The van der Waals surface area contributed by atoms with Crippen LogP contribution in [-0.4, -0.2) is 16.8 Å². The fraction of sp³-hybridized carbons (Fsp3) is 0.0370. The van der Waals surface area contributed by atoms with E-state index in [-0.39, 0.29) is 11.3 Å². The maximum absolute atomic E-state index is 13.5. The molecular weight excluding hydrogens is 405 g/mol. The number of benzene rings is 4. The van der Waals surface area contributed by atoms with Crippen LogP contribution in [0.25, 0.3) is 16.5 Å². The number of halogens is 1. The van der Waals surface area contributed by atoms with Crippen molar-refractivity contribution in [2.24, 2.45) is 0 Å². The zero-order valence-corrected chi connectivity index (χ0v) is 16.9. The Labute approximate surface area is 183 Å². The van der Waals surface area contributed by atoms with Gasteiger partial charge in [-0.25, -0.2) is 4.39 Å². The monoisotopic (exact) mass is 423 g/mol. The number of rotatable bonds is 3. The lowest BCUT2D eigenvalue weighted by Crippen LogP contribution is -2.29. The molecule has 5 heteroatoms. The van der Waals surface area contributed by atoms with Crippen molar-refractivity contribution in [3.8, 4) is 0 Å². The van der Waals surface area contributed by atoms with Crippen molar-refractivity contribution >= 4 is 33.9 Å². The maximum atomic E-state index is 13.5. The molecule has 1 amide bonds. The second-order valence-electron chi connectivity index (χ2n) is 7.62. The summed E-state index contributed by atoms with van der Waals surface area (Å²) in [5.41, 5.74) is 1.49. The molecule has 1 unspecified atom stereocenters. The summed E-state index contributed by atoms with van der Waals surface area (Å²) in [6.45, 7) is 0. The van der Waals surface area contributed by atoms with E-state index in [4.69, 9.17) is 0 Å². The summed E-state index contributed by atoms with van der Waals surface area (Å²) in [6.07, 6.45) is 0. The van der Waals surface area contributed by atoms with Gasteiger partial charge in [-0.3, -0.25) is 14.5 Å². The van der Waals surface area contributed by atoms with E-state index in [0.29, 0.717) is 16.8 Å². The molecule has 156 valence electrons. The number of aliphatic hydroxyl groups is 1. The first-order valence-electron chi connectivity index (χ1n) is 10.2. The largest absolute Gasteiger partial charge is 0.507 e. The Morgan fingerprint density at radius 1 is 0.781 bits per heavy atom. The van der Waals surface area contributed by atoms with Crippen molar-refractivity contribution in [3.05, 3.63) is 120 Å². The predicted molar refractivity (Wildman–Crippen MR) is 122 cm³/mol. The number of anilines is 1. The summed E-state index contributed by atoms with van der Waals surface area (Å²) < 4.78 is 13.5. The number of aliphatic hydroxyl groups excluding tert-OH is 1. The standard InChI is InChI=1S/C27H18FNO3/c28-21-12-14-22(15-13-21)29-24(18-7-2-1-3-8-18)23(26(31)27(29)32)25(30)20-11-10-17-6-4-5-9-19(17)16-20/h1-16,24,30H/b25-23-. The Kier molecular flexibility index (Phi) is 4.79.